The Hall–Kier alpha value is 1.44. The Kier molecular flexibility index (Phi) is 13.4. The third-order valence-corrected chi connectivity index (χ3v) is 12.0. The first-order valence-electron chi connectivity index (χ1n) is 14.1. The van der Waals surface area contributed by atoms with Crippen LogP contribution in [0.3, 0.4) is 0 Å². The van der Waals surface area contributed by atoms with E-state index in [9.17, 15) is 31.0 Å². The minimum Gasteiger partial charge on any atom is -0.726 e. The van der Waals surface area contributed by atoms with Crippen molar-refractivity contribution in [3.8, 4) is 0 Å². The summed E-state index contributed by atoms with van der Waals surface area (Å²) in [6, 6.07) is 0. The molecule has 0 aromatic rings. The van der Waals surface area contributed by atoms with Gasteiger partial charge in [-0.3, -0.25) is 8.37 Å². The van der Waals surface area contributed by atoms with Crippen LogP contribution in [0.15, 0.2) is 11.6 Å². The number of aliphatic hydroxyl groups is 1. The maximum atomic E-state index is 11.3. The zero-order valence-electron chi connectivity index (χ0n) is 25.0. The molecule has 10 atom stereocenters. The molecule has 4 saturated carbocycles. The van der Waals surface area contributed by atoms with Crippen LogP contribution in [0.1, 0.15) is 91.9 Å². The topological polar surface area (TPSA) is 153 Å². The molecule has 4 aliphatic rings. The van der Waals surface area contributed by atoms with Crippen molar-refractivity contribution in [3.05, 3.63) is 11.6 Å². The van der Waals surface area contributed by atoms with Crippen LogP contribution in [-0.2, 0) is 29.2 Å². The SMILES string of the molecule is CC(C)=CCCC(COS(=O)(=O)[O-])C1CCC2C3CC[C@H]4C[C@H](OS(=O)(=O)[O-])[C@@H](O)CC4(C)C3CCC12C.[Na+].[Na+]. The molecule has 1 N–H and O–H groups in total. The minimum atomic E-state index is -4.88. The van der Waals surface area contributed by atoms with Crippen molar-refractivity contribution in [2.75, 3.05) is 6.61 Å². The maximum absolute atomic E-state index is 11.3. The molecule has 4 aliphatic carbocycles. The molecular weight excluding hydrogens is 578 g/mol. The van der Waals surface area contributed by atoms with Gasteiger partial charge in [0.2, 0.25) is 20.8 Å². The first kappa shape index (κ1) is 37.6. The average molecular weight is 623 g/mol. The second-order valence-electron chi connectivity index (χ2n) is 13.2. The van der Waals surface area contributed by atoms with Crippen molar-refractivity contribution in [2.24, 2.45) is 46.3 Å². The second-order valence-corrected chi connectivity index (χ2v) is 15.3. The Bertz CT molecular complexity index is 1110. The fourth-order valence-electron chi connectivity index (χ4n) is 9.49. The van der Waals surface area contributed by atoms with Gasteiger partial charge in [-0.25, -0.2) is 16.8 Å². The van der Waals surface area contributed by atoms with E-state index in [1.807, 2.05) is 13.8 Å². The fourth-order valence-corrected chi connectivity index (χ4v) is 10.3. The molecule has 0 heterocycles. The van der Waals surface area contributed by atoms with Crippen molar-refractivity contribution < 1.29 is 98.5 Å². The standard InChI is InChI=1S/C27H46O9S2.2Na/c1-17(2)6-5-7-18(16-35-37(29,30)31)21-10-11-22-20-9-8-19-14-25(36-38(32,33)34)24(28)15-27(19,4)23(20)12-13-26(21,22)3;;/h6,18-25,28H,5,7-16H2,1-4H3,(H,29,30,31)(H,32,33,34);;/q;2*+1/p-2/t18?,19-,20?,21?,22?,23?,24-,25-,26?,27?;;/m0../s1. The molecule has 0 radical (unpaired) electrons. The van der Waals surface area contributed by atoms with Crippen molar-refractivity contribution in [1.82, 2.24) is 0 Å². The van der Waals surface area contributed by atoms with Crippen LogP contribution in [-0.4, -0.2) is 49.9 Å². The van der Waals surface area contributed by atoms with E-state index in [4.69, 9.17) is 8.37 Å². The first-order valence-corrected chi connectivity index (χ1v) is 16.8. The van der Waals surface area contributed by atoms with Crippen molar-refractivity contribution in [2.45, 2.75) is 104 Å². The Labute approximate surface area is 285 Å². The van der Waals surface area contributed by atoms with Gasteiger partial charge in [-0.15, -0.1) is 0 Å². The maximum Gasteiger partial charge on any atom is 1.00 e. The number of hydrogen-bond acceptors (Lipinski definition) is 9. The van der Waals surface area contributed by atoms with Gasteiger partial charge in [0, 0.05) is 0 Å². The van der Waals surface area contributed by atoms with Gasteiger partial charge in [-0.1, -0.05) is 25.5 Å². The molecule has 4 rings (SSSR count). The van der Waals surface area contributed by atoms with E-state index in [2.05, 4.69) is 19.9 Å². The van der Waals surface area contributed by atoms with Crippen molar-refractivity contribution in [1.29, 1.82) is 0 Å². The van der Waals surface area contributed by atoms with Crippen LogP contribution in [0.5, 0.6) is 0 Å². The Morgan fingerprint density at radius 1 is 0.975 bits per heavy atom. The number of hydrogen-bond donors (Lipinski definition) is 1. The molecule has 9 nitrogen and oxygen atoms in total. The molecule has 4 fully saturated rings. The van der Waals surface area contributed by atoms with Crippen molar-refractivity contribution in [3.63, 3.8) is 0 Å². The summed E-state index contributed by atoms with van der Waals surface area (Å²) in [6.07, 6.45) is 8.49. The quantitative estimate of drug-likeness (QED) is 0.137. The van der Waals surface area contributed by atoms with Gasteiger partial charge < -0.3 is 14.2 Å². The minimum absolute atomic E-state index is 0. The van der Waals surface area contributed by atoms with Gasteiger partial charge in [-0.2, -0.15) is 0 Å². The van der Waals surface area contributed by atoms with Crippen LogP contribution >= 0.6 is 0 Å². The summed E-state index contributed by atoms with van der Waals surface area (Å²) < 4.78 is 77.1. The molecule has 0 aromatic carbocycles. The van der Waals surface area contributed by atoms with Gasteiger partial charge in [0.05, 0.1) is 12.7 Å². The summed E-state index contributed by atoms with van der Waals surface area (Å²) in [5.74, 6) is 1.76. The summed E-state index contributed by atoms with van der Waals surface area (Å²) in [4.78, 5) is 0. The summed E-state index contributed by atoms with van der Waals surface area (Å²) in [6.45, 7) is 8.57. The van der Waals surface area contributed by atoms with Crippen LogP contribution < -0.4 is 59.1 Å². The molecule has 0 aliphatic heterocycles. The van der Waals surface area contributed by atoms with Gasteiger partial charge in [0.15, 0.2) is 0 Å². The normalized spacial score (nSPS) is 39.9. The van der Waals surface area contributed by atoms with Crippen LogP contribution in [0, 0.1) is 46.3 Å². The summed E-state index contributed by atoms with van der Waals surface area (Å²) in [5, 5.41) is 10.8. The van der Waals surface area contributed by atoms with Crippen LogP contribution in [0.2, 0.25) is 0 Å². The molecule has 0 bridgehead atoms. The fraction of sp³-hybridized carbons (Fsp3) is 0.926. The van der Waals surface area contributed by atoms with Gasteiger partial charge in [0.25, 0.3) is 0 Å². The molecule has 0 aromatic heterocycles. The largest absolute Gasteiger partial charge is 1.00 e. The third kappa shape index (κ3) is 8.37. The van der Waals surface area contributed by atoms with Crippen molar-refractivity contribution >= 4 is 20.8 Å². The zero-order valence-corrected chi connectivity index (χ0v) is 30.6. The Balaban J connectivity index is 0.00000280. The van der Waals surface area contributed by atoms with E-state index in [-0.39, 0.29) is 94.3 Å². The molecule has 220 valence electrons. The zero-order chi connectivity index (χ0) is 28.1. The van der Waals surface area contributed by atoms with Crippen LogP contribution in [0.25, 0.3) is 0 Å². The predicted molar refractivity (Wildman–Crippen MR) is 139 cm³/mol. The number of aliphatic hydroxyl groups excluding tert-OH is 1. The first-order chi connectivity index (χ1) is 17.5. The molecule has 13 heteroatoms. The number of allylic oxidation sites excluding steroid dienone is 2. The number of fused-ring (bicyclic) bond motifs is 5. The van der Waals surface area contributed by atoms with E-state index in [1.54, 1.807) is 0 Å². The molecular formula is C27H44Na2O9S2. The Morgan fingerprint density at radius 3 is 2.23 bits per heavy atom. The summed E-state index contributed by atoms with van der Waals surface area (Å²) in [7, 11) is -9.64. The van der Waals surface area contributed by atoms with Gasteiger partial charge in [-0.05, 0) is 124 Å². The average Bonchev–Trinajstić information content (AvgIpc) is 3.12. The van der Waals surface area contributed by atoms with E-state index in [0.717, 1.165) is 51.4 Å². The molecule has 7 unspecified atom stereocenters. The van der Waals surface area contributed by atoms with E-state index in [1.165, 1.54) is 5.57 Å². The van der Waals surface area contributed by atoms with Gasteiger partial charge in [0.1, 0.15) is 6.10 Å². The third-order valence-electron chi connectivity index (χ3n) is 11.1. The van der Waals surface area contributed by atoms with E-state index >= 15 is 0 Å². The number of rotatable bonds is 9. The molecule has 0 saturated heterocycles. The predicted octanol–water partition coefficient (Wildman–Crippen LogP) is -1.69. The summed E-state index contributed by atoms with van der Waals surface area (Å²) in [5.41, 5.74) is 1.07. The van der Waals surface area contributed by atoms with Gasteiger partial charge >= 0.3 is 59.1 Å². The smallest absolute Gasteiger partial charge is 0.726 e. The van der Waals surface area contributed by atoms with E-state index < -0.39 is 33.0 Å². The summed E-state index contributed by atoms with van der Waals surface area (Å²) >= 11 is 0. The van der Waals surface area contributed by atoms with Crippen LogP contribution in [0.4, 0.5) is 0 Å². The second kappa shape index (κ2) is 14.3. The van der Waals surface area contributed by atoms with E-state index in [0.29, 0.717) is 30.6 Å². The molecule has 40 heavy (non-hydrogen) atoms. The monoisotopic (exact) mass is 622 g/mol. The Morgan fingerprint density at radius 2 is 1.62 bits per heavy atom. The molecule has 0 amide bonds. The molecule has 0 spiro atoms.